The molecule has 0 saturated heterocycles. The molecule has 0 bridgehead atoms. The van der Waals surface area contributed by atoms with Crippen molar-refractivity contribution < 1.29 is 37.0 Å². The van der Waals surface area contributed by atoms with Crippen LogP contribution < -0.4 is 20.5 Å². The number of benzene rings is 1. The highest BCUT2D eigenvalue weighted by molar-refractivity contribution is 5.94. The summed E-state index contributed by atoms with van der Waals surface area (Å²) in [6.07, 6.45) is 2.06. The predicted molar refractivity (Wildman–Crippen MR) is 145 cm³/mol. The fourth-order valence-electron chi connectivity index (χ4n) is 3.54. The van der Waals surface area contributed by atoms with Gasteiger partial charge in [-0.1, -0.05) is 6.07 Å². The zero-order valence-electron chi connectivity index (χ0n) is 21.7. The van der Waals surface area contributed by atoms with Crippen LogP contribution in [0.5, 0.6) is 11.5 Å². The first-order valence-corrected chi connectivity index (χ1v) is 12.1. The van der Waals surface area contributed by atoms with Crippen molar-refractivity contribution >= 4 is 36.7 Å². The summed E-state index contributed by atoms with van der Waals surface area (Å²) in [6.45, 7) is 0.901. The van der Waals surface area contributed by atoms with Gasteiger partial charge in [0.1, 0.15) is 22.8 Å². The van der Waals surface area contributed by atoms with Crippen molar-refractivity contribution in [2.24, 2.45) is 11.7 Å². The number of carbonyl (C=O) groups is 2. The number of nitrogens with one attached hydrogen (secondary N) is 1. The number of halogens is 4. The van der Waals surface area contributed by atoms with Crippen molar-refractivity contribution in [1.82, 2.24) is 15.3 Å². The van der Waals surface area contributed by atoms with E-state index in [0.717, 1.165) is 12.8 Å². The van der Waals surface area contributed by atoms with Crippen molar-refractivity contribution in [3.63, 3.8) is 0 Å². The SMILES string of the molecule is CCOC(=O)c1cccc(C(=O)NCc2nc(-c3ccc(OC(F)F)c(OCC4CC4)c3)oc2C(C)N)n1.Cl.Cl. The molecule has 0 radical (unpaired) electrons. The van der Waals surface area contributed by atoms with Crippen LogP contribution in [0.4, 0.5) is 8.78 Å². The van der Waals surface area contributed by atoms with E-state index in [1.807, 2.05) is 0 Å². The Morgan fingerprint density at radius 1 is 1.12 bits per heavy atom. The summed E-state index contributed by atoms with van der Waals surface area (Å²) in [5, 5.41) is 2.70. The van der Waals surface area contributed by atoms with Gasteiger partial charge in [0, 0.05) is 5.56 Å². The number of nitrogens with two attached hydrogens (primary N) is 1. The molecule has 2 heterocycles. The van der Waals surface area contributed by atoms with E-state index in [2.05, 4.69) is 20.0 Å². The Kier molecular flexibility index (Phi) is 12.1. The quantitative estimate of drug-likeness (QED) is 0.271. The summed E-state index contributed by atoms with van der Waals surface area (Å²) in [7, 11) is 0. The minimum absolute atomic E-state index is 0. The van der Waals surface area contributed by atoms with Gasteiger partial charge in [0.05, 0.1) is 25.8 Å². The van der Waals surface area contributed by atoms with Gasteiger partial charge in [-0.15, -0.1) is 24.8 Å². The van der Waals surface area contributed by atoms with E-state index in [9.17, 15) is 18.4 Å². The molecule has 40 heavy (non-hydrogen) atoms. The van der Waals surface area contributed by atoms with Gasteiger partial charge in [0.15, 0.2) is 11.5 Å². The lowest BCUT2D eigenvalue weighted by atomic mass is 10.2. The normalized spacial score (nSPS) is 13.1. The largest absolute Gasteiger partial charge is 0.489 e. The number of hydrogen-bond donors (Lipinski definition) is 2. The molecule has 4 rings (SSSR count). The summed E-state index contributed by atoms with van der Waals surface area (Å²) < 4.78 is 46.8. The molecule has 1 amide bonds. The van der Waals surface area contributed by atoms with Gasteiger partial charge < -0.3 is 29.7 Å². The van der Waals surface area contributed by atoms with Crippen molar-refractivity contribution in [2.75, 3.05) is 13.2 Å². The minimum Gasteiger partial charge on any atom is -0.489 e. The molecule has 2 aromatic heterocycles. The van der Waals surface area contributed by atoms with Crippen molar-refractivity contribution in [3.05, 3.63) is 59.2 Å². The average molecular weight is 603 g/mol. The number of pyridine rings is 1. The predicted octanol–water partition coefficient (Wildman–Crippen LogP) is 5.10. The van der Waals surface area contributed by atoms with E-state index in [4.69, 9.17) is 19.6 Å². The van der Waals surface area contributed by atoms with Crippen LogP contribution in [-0.2, 0) is 11.3 Å². The van der Waals surface area contributed by atoms with E-state index in [0.29, 0.717) is 29.5 Å². The van der Waals surface area contributed by atoms with E-state index in [1.165, 1.54) is 36.4 Å². The number of aromatic nitrogens is 2. The monoisotopic (exact) mass is 602 g/mol. The van der Waals surface area contributed by atoms with Crippen molar-refractivity contribution in [3.8, 4) is 23.0 Å². The van der Waals surface area contributed by atoms with E-state index < -0.39 is 24.5 Å². The molecule has 3 N–H and O–H groups in total. The Hall–Kier alpha value is -3.48. The van der Waals surface area contributed by atoms with E-state index >= 15 is 0 Å². The molecule has 0 spiro atoms. The van der Waals surface area contributed by atoms with Crippen LogP contribution in [-0.4, -0.2) is 41.7 Å². The topological polar surface area (TPSA) is 139 Å². The lowest BCUT2D eigenvalue weighted by Gasteiger charge is -2.12. The molecular weight excluding hydrogens is 573 g/mol. The fourth-order valence-corrected chi connectivity index (χ4v) is 3.54. The average Bonchev–Trinajstić information content (AvgIpc) is 3.62. The summed E-state index contributed by atoms with van der Waals surface area (Å²) in [6, 6.07) is 8.29. The zero-order chi connectivity index (χ0) is 27.2. The number of ether oxygens (including phenoxy) is 3. The number of hydrogen-bond acceptors (Lipinski definition) is 9. The highest BCUT2D eigenvalue weighted by Gasteiger charge is 2.24. The number of nitrogens with zero attached hydrogens (tertiary/aromatic N) is 2. The molecule has 1 fully saturated rings. The fraction of sp³-hybridized carbons (Fsp3) is 0.385. The van der Waals surface area contributed by atoms with Crippen LogP contribution in [0.2, 0.25) is 0 Å². The lowest BCUT2D eigenvalue weighted by molar-refractivity contribution is -0.0515. The third-order valence-electron chi connectivity index (χ3n) is 5.60. The third-order valence-corrected chi connectivity index (χ3v) is 5.60. The van der Waals surface area contributed by atoms with E-state index in [1.54, 1.807) is 13.8 Å². The second-order valence-electron chi connectivity index (χ2n) is 8.72. The van der Waals surface area contributed by atoms with Crippen LogP contribution in [0.3, 0.4) is 0 Å². The second-order valence-corrected chi connectivity index (χ2v) is 8.72. The maximum atomic E-state index is 12.9. The summed E-state index contributed by atoms with van der Waals surface area (Å²) >= 11 is 0. The molecular formula is C26H30Cl2F2N4O6. The molecule has 3 aromatic rings. The smallest absolute Gasteiger partial charge is 0.387 e. The first-order valence-electron chi connectivity index (χ1n) is 12.1. The zero-order valence-corrected chi connectivity index (χ0v) is 23.4. The molecule has 1 saturated carbocycles. The molecule has 10 nitrogen and oxygen atoms in total. The first kappa shape index (κ1) is 32.7. The Labute approximate surface area is 241 Å². The van der Waals surface area contributed by atoms with Crippen LogP contribution in [0.1, 0.15) is 65.2 Å². The van der Waals surface area contributed by atoms with Gasteiger partial charge in [-0.25, -0.2) is 14.8 Å². The highest BCUT2D eigenvalue weighted by Crippen LogP contribution is 2.37. The molecule has 218 valence electrons. The third kappa shape index (κ3) is 8.51. The lowest BCUT2D eigenvalue weighted by Crippen LogP contribution is -2.25. The molecule has 1 aliphatic carbocycles. The van der Waals surface area contributed by atoms with Gasteiger partial charge in [-0.05, 0) is 62.9 Å². The molecule has 1 aromatic carbocycles. The second kappa shape index (κ2) is 14.8. The number of esters is 1. The Morgan fingerprint density at radius 3 is 2.50 bits per heavy atom. The van der Waals surface area contributed by atoms with Gasteiger partial charge in [-0.2, -0.15) is 8.78 Å². The maximum absolute atomic E-state index is 12.9. The molecule has 1 atom stereocenters. The summed E-state index contributed by atoms with van der Waals surface area (Å²) in [4.78, 5) is 33.2. The number of oxazole rings is 1. The van der Waals surface area contributed by atoms with Crippen LogP contribution in [0, 0.1) is 5.92 Å². The number of carbonyl (C=O) groups excluding carboxylic acids is 2. The highest BCUT2D eigenvalue weighted by atomic mass is 35.5. The molecule has 1 aliphatic rings. The van der Waals surface area contributed by atoms with Crippen LogP contribution in [0.25, 0.3) is 11.5 Å². The molecule has 14 heteroatoms. The Bertz CT molecular complexity index is 1300. The van der Waals surface area contributed by atoms with Gasteiger partial charge in [0.2, 0.25) is 5.89 Å². The number of rotatable bonds is 12. The van der Waals surface area contributed by atoms with Crippen molar-refractivity contribution in [1.29, 1.82) is 0 Å². The maximum Gasteiger partial charge on any atom is 0.387 e. The number of amides is 1. The minimum atomic E-state index is -3.00. The molecule has 0 aliphatic heterocycles. The van der Waals surface area contributed by atoms with Crippen molar-refractivity contribution in [2.45, 2.75) is 45.9 Å². The summed E-state index contributed by atoms with van der Waals surface area (Å²) in [5.74, 6) is -0.211. The van der Waals surface area contributed by atoms with E-state index in [-0.39, 0.29) is 66.7 Å². The van der Waals surface area contributed by atoms with Gasteiger partial charge in [0.25, 0.3) is 5.91 Å². The van der Waals surface area contributed by atoms with Crippen LogP contribution in [0.15, 0.2) is 40.8 Å². The van der Waals surface area contributed by atoms with Crippen LogP contribution >= 0.6 is 24.8 Å². The Balaban J connectivity index is 0.00000280. The first-order chi connectivity index (χ1) is 18.2. The number of alkyl halides is 2. The molecule has 1 unspecified atom stereocenters. The summed E-state index contributed by atoms with van der Waals surface area (Å²) in [5.41, 5.74) is 6.93. The Morgan fingerprint density at radius 2 is 1.85 bits per heavy atom. The standard InChI is InChI=1S/C26H28F2N4O6.2ClH/c1-3-35-25(34)18-6-4-5-17(31-18)23(33)30-12-19-22(14(2)29)38-24(32-19)16-9-10-20(37-26(27)28)21(11-16)36-13-15-7-8-15;;/h4-6,9-11,14-15,26H,3,7-8,12-13,29H2,1-2H3,(H,30,33);2*1H. The van der Waals surface area contributed by atoms with Gasteiger partial charge in [-0.3, -0.25) is 4.79 Å². The van der Waals surface area contributed by atoms with Gasteiger partial charge >= 0.3 is 12.6 Å².